The van der Waals surface area contributed by atoms with Gasteiger partial charge in [-0.15, -0.1) is 0 Å². The minimum atomic E-state index is -0.101. The van der Waals surface area contributed by atoms with Crippen molar-refractivity contribution in [3.8, 4) is 0 Å². The second-order valence-corrected chi connectivity index (χ2v) is 5.31. The Labute approximate surface area is 119 Å². The number of ether oxygens (including phenoxy) is 1. The van der Waals surface area contributed by atoms with Crippen LogP contribution >= 0.6 is 0 Å². The lowest BCUT2D eigenvalue weighted by Gasteiger charge is -2.35. The normalized spacial score (nSPS) is 19.6. The number of aryl methyl sites for hydroxylation is 1. The van der Waals surface area contributed by atoms with Gasteiger partial charge in [-0.1, -0.05) is 18.2 Å². The first-order valence-electron chi connectivity index (χ1n) is 7.04. The predicted octanol–water partition coefficient (Wildman–Crippen LogP) is 2.05. The van der Waals surface area contributed by atoms with Gasteiger partial charge in [-0.05, 0) is 25.5 Å². The van der Waals surface area contributed by atoms with Crippen molar-refractivity contribution in [3.63, 3.8) is 0 Å². The molecular formula is C16H20N2O2. The summed E-state index contributed by atoms with van der Waals surface area (Å²) in [4.78, 5) is 6.98. The lowest BCUT2D eigenvalue weighted by atomic mass is 10.1. The molecule has 4 heteroatoms. The quantitative estimate of drug-likeness (QED) is 0.909. The van der Waals surface area contributed by atoms with Crippen LogP contribution in [0.1, 0.15) is 11.3 Å². The van der Waals surface area contributed by atoms with Gasteiger partial charge in [0.2, 0.25) is 0 Å². The van der Waals surface area contributed by atoms with E-state index in [1.165, 1.54) is 16.6 Å². The molecule has 20 heavy (non-hydrogen) atoms. The van der Waals surface area contributed by atoms with Gasteiger partial charge in [-0.25, -0.2) is 0 Å². The summed E-state index contributed by atoms with van der Waals surface area (Å²) >= 11 is 0. The highest BCUT2D eigenvalue weighted by Gasteiger charge is 2.23. The van der Waals surface area contributed by atoms with Crippen molar-refractivity contribution in [2.24, 2.45) is 0 Å². The van der Waals surface area contributed by atoms with E-state index < -0.39 is 0 Å². The van der Waals surface area contributed by atoms with Crippen LogP contribution in [0.25, 0.3) is 10.9 Å². The minimum absolute atomic E-state index is 0.0670. The van der Waals surface area contributed by atoms with Gasteiger partial charge in [0, 0.05) is 24.2 Å². The van der Waals surface area contributed by atoms with E-state index in [1.54, 1.807) is 0 Å². The lowest BCUT2D eigenvalue weighted by molar-refractivity contribution is 0.00361. The van der Waals surface area contributed by atoms with E-state index >= 15 is 0 Å². The second kappa shape index (κ2) is 5.38. The molecule has 2 heterocycles. The molecule has 1 atom stereocenters. The van der Waals surface area contributed by atoms with Crippen molar-refractivity contribution < 1.29 is 9.84 Å². The number of benzene rings is 1. The smallest absolute Gasteiger partial charge is 0.0980 e. The monoisotopic (exact) mass is 272 g/mol. The van der Waals surface area contributed by atoms with Crippen LogP contribution < -0.4 is 4.90 Å². The molecule has 0 spiro atoms. The average Bonchev–Trinajstić information content (AvgIpc) is 2.48. The number of morpholine rings is 1. The predicted molar refractivity (Wildman–Crippen MR) is 80.3 cm³/mol. The largest absolute Gasteiger partial charge is 0.394 e. The molecule has 0 bridgehead atoms. The van der Waals surface area contributed by atoms with Crippen LogP contribution in [0.15, 0.2) is 24.3 Å². The van der Waals surface area contributed by atoms with Crippen LogP contribution in [0, 0.1) is 13.8 Å². The zero-order valence-corrected chi connectivity index (χ0v) is 12.0. The Morgan fingerprint density at radius 2 is 2.15 bits per heavy atom. The third kappa shape index (κ3) is 2.25. The summed E-state index contributed by atoms with van der Waals surface area (Å²) < 4.78 is 5.55. The van der Waals surface area contributed by atoms with Crippen molar-refractivity contribution in [1.82, 2.24) is 4.98 Å². The topological polar surface area (TPSA) is 45.6 Å². The Kier molecular flexibility index (Phi) is 3.59. The van der Waals surface area contributed by atoms with Crippen LogP contribution in [0.2, 0.25) is 0 Å². The molecule has 0 amide bonds. The molecule has 1 fully saturated rings. The molecule has 1 aromatic carbocycles. The van der Waals surface area contributed by atoms with Crippen molar-refractivity contribution in [2.75, 3.05) is 31.2 Å². The second-order valence-electron chi connectivity index (χ2n) is 5.31. The fourth-order valence-corrected chi connectivity index (χ4v) is 2.85. The molecule has 1 aliphatic heterocycles. The number of pyridine rings is 1. The summed E-state index contributed by atoms with van der Waals surface area (Å²) in [6, 6.07) is 8.23. The first-order chi connectivity index (χ1) is 9.70. The molecule has 1 aromatic heterocycles. The lowest BCUT2D eigenvalue weighted by Crippen LogP contribution is -2.44. The van der Waals surface area contributed by atoms with Crippen molar-refractivity contribution in [3.05, 3.63) is 35.5 Å². The molecular weight excluding hydrogens is 252 g/mol. The zero-order valence-electron chi connectivity index (χ0n) is 12.0. The van der Waals surface area contributed by atoms with Crippen LogP contribution in [0.4, 0.5) is 5.69 Å². The van der Waals surface area contributed by atoms with E-state index in [1.807, 2.05) is 12.1 Å². The summed E-state index contributed by atoms with van der Waals surface area (Å²) in [6.45, 7) is 6.47. The Morgan fingerprint density at radius 1 is 1.35 bits per heavy atom. The standard InChI is InChI=1S/C16H20N2O2/c1-11-12(2)17-15-6-4-3-5-14(15)16(11)18-7-8-20-13(9-18)10-19/h3-6,13,19H,7-10H2,1-2H3/t13-/m1/s1. The number of aliphatic hydroxyl groups is 1. The summed E-state index contributed by atoms with van der Waals surface area (Å²) in [5, 5.41) is 10.5. The molecule has 106 valence electrons. The summed E-state index contributed by atoms with van der Waals surface area (Å²) in [7, 11) is 0. The molecule has 2 aromatic rings. The highest BCUT2D eigenvalue weighted by Crippen LogP contribution is 2.32. The maximum Gasteiger partial charge on any atom is 0.0980 e. The maximum atomic E-state index is 9.33. The average molecular weight is 272 g/mol. The van der Waals surface area contributed by atoms with Gasteiger partial charge in [0.1, 0.15) is 0 Å². The Hall–Kier alpha value is -1.65. The first kappa shape index (κ1) is 13.3. The third-order valence-electron chi connectivity index (χ3n) is 4.00. The van der Waals surface area contributed by atoms with E-state index in [0.29, 0.717) is 6.61 Å². The fourth-order valence-electron chi connectivity index (χ4n) is 2.85. The molecule has 3 rings (SSSR count). The number of hydrogen-bond acceptors (Lipinski definition) is 4. The number of rotatable bonds is 2. The number of anilines is 1. The van der Waals surface area contributed by atoms with Gasteiger partial charge in [-0.3, -0.25) is 4.98 Å². The molecule has 0 saturated carbocycles. The summed E-state index contributed by atoms with van der Waals surface area (Å²) in [5.74, 6) is 0. The number of para-hydroxylation sites is 1. The third-order valence-corrected chi connectivity index (χ3v) is 4.00. The zero-order chi connectivity index (χ0) is 14.1. The molecule has 0 radical (unpaired) electrons. The van der Waals surface area contributed by atoms with E-state index in [0.717, 1.165) is 24.3 Å². The molecule has 1 N–H and O–H groups in total. The number of aliphatic hydroxyl groups excluding tert-OH is 1. The van der Waals surface area contributed by atoms with E-state index in [9.17, 15) is 5.11 Å². The number of hydrogen-bond donors (Lipinski definition) is 1. The van der Waals surface area contributed by atoms with E-state index in [-0.39, 0.29) is 12.7 Å². The van der Waals surface area contributed by atoms with Gasteiger partial charge < -0.3 is 14.7 Å². The maximum absolute atomic E-state index is 9.33. The SMILES string of the molecule is Cc1nc2ccccc2c(N2CCO[C@@H](CO)C2)c1C. The Balaban J connectivity index is 2.11. The summed E-state index contributed by atoms with van der Waals surface area (Å²) in [5.41, 5.74) is 4.53. The minimum Gasteiger partial charge on any atom is -0.394 e. The molecule has 4 nitrogen and oxygen atoms in total. The molecule has 0 unspecified atom stereocenters. The van der Waals surface area contributed by atoms with Crippen LogP contribution in [0.5, 0.6) is 0 Å². The molecule has 1 saturated heterocycles. The van der Waals surface area contributed by atoms with Gasteiger partial charge in [0.15, 0.2) is 0 Å². The van der Waals surface area contributed by atoms with E-state index in [2.05, 4.69) is 35.9 Å². The van der Waals surface area contributed by atoms with Crippen molar-refractivity contribution in [2.45, 2.75) is 20.0 Å². The van der Waals surface area contributed by atoms with Crippen molar-refractivity contribution in [1.29, 1.82) is 0 Å². The van der Waals surface area contributed by atoms with Crippen LogP contribution in [0.3, 0.4) is 0 Å². The first-order valence-corrected chi connectivity index (χ1v) is 7.04. The Bertz CT molecular complexity index is 627. The Morgan fingerprint density at radius 3 is 2.95 bits per heavy atom. The van der Waals surface area contributed by atoms with Gasteiger partial charge in [0.25, 0.3) is 0 Å². The van der Waals surface area contributed by atoms with Gasteiger partial charge >= 0.3 is 0 Å². The summed E-state index contributed by atoms with van der Waals surface area (Å²) in [6.07, 6.45) is -0.101. The fraction of sp³-hybridized carbons (Fsp3) is 0.438. The van der Waals surface area contributed by atoms with Gasteiger partial charge in [-0.2, -0.15) is 0 Å². The van der Waals surface area contributed by atoms with E-state index in [4.69, 9.17) is 4.74 Å². The van der Waals surface area contributed by atoms with Crippen molar-refractivity contribution >= 4 is 16.6 Å². The van der Waals surface area contributed by atoms with Crippen LogP contribution in [-0.2, 0) is 4.74 Å². The number of fused-ring (bicyclic) bond motifs is 1. The number of aromatic nitrogens is 1. The highest BCUT2D eigenvalue weighted by atomic mass is 16.5. The highest BCUT2D eigenvalue weighted by molar-refractivity contribution is 5.93. The molecule has 1 aliphatic rings. The van der Waals surface area contributed by atoms with Gasteiger partial charge in [0.05, 0.1) is 30.5 Å². The number of nitrogens with zero attached hydrogens (tertiary/aromatic N) is 2. The van der Waals surface area contributed by atoms with Crippen LogP contribution in [-0.4, -0.2) is 42.5 Å². The molecule has 0 aliphatic carbocycles.